The molecule has 3 rings (SSSR count). The largest absolute Gasteiger partial charge is 0.464 e. The number of rotatable bonds is 4. The number of anilines is 1. The van der Waals surface area contributed by atoms with E-state index in [0.717, 1.165) is 22.2 Å². The molecule has 0 atom stereocenters. The normalized spacial score (nSPS) is 10.5. The molecule has 0 radical (unpaired) electrons. The SMILES string of the molecule is CNC(=O)c1cccc(NCc2coc3ccccc23)c1. The molecule has 0 aliphatic carbocycles. The number of benzene rings is 2. The second kappa shape index (κ2) is 5.71. The number of hydrogen-bond acceptors (Lipinski definition) is 3. The maximum absolute atomic E-state index is 11.6. The lowest BCUT2D eigenvalue weighted by molar-refractivity contribution is 0.0963. The molecule has 4 nitrogen and oxygen atoms in total. The van der Waals surface area contributed by atoms with E-state index < -0.39 is 0 Å². The second-order valence-electron chi connectivity index (χ2n) is 4.77. The molecule has 0 unspecified atom stereocenters. The minimum absolute atomic E-state index is 0.0904. The molecule has 2 aromatic carbocycles. The maximum Gasteiger partial charge on any atom is 0.251 e. The zero-order valence-corrected chi connectivity index (χ0v) is 11.7. The van der Waals surface area contributed by atoms with Gasteiger partial charge in [0.1, 0.15) is 5.58 Å². The van der Waals surface area contributed by atoms with E-state index in [1.807, 2.05) is 42.5 Å². The zero-order chi connectivity index (χ0) is 14.7. The van der Waals surface area contributed by atoms with Crippen molar-refractivity contribution in [2.45, 2.75) is 6.54 Å². The highest BCUT2D eigenvalue weighted by Gasteiger charge is 2.06. The molecule has 0 saturated heterocycles. The summed E-state index contributed by atoms with van der Waals surface area (Å²) >= 11 is 0. The third-order valence-corrected chi connectivity index (χ3v) is 3.40. The quantitative estimate of drug-likeness (QED) is 0.770. The molecule has 0 aliphatic rings. The Morgan fingerprint density at radius 1 is 1.14 bits per heavy atom. The van der Waals surface area contributed by atoms with Gasteiger partial charge >= 0.3 is 0 Å². The van der Waals surface area contributed by atoms with Gasteiger partial charge in [-0.2, -0.15) is 0 Å². The Balaban J connectivity index is 1.77. The van der Waals surface area contributed by atoms with Crippen molar-refractivity contribution >= 4 is 22.6 Å². The van der Waals surface area contributed by atoms with Gasteiger partial charge in [0.05, 0.1) is 6.26 Å². The predicted molar refractivity (Wildman–Crippen MR) is 83.4 cm³/mol. The van der Waals surface area contributed by atoms with Crippen LogP contribution in [-0.4, -0.2) is 13.0 Å². The van der Waals surface area contributed by atoms with Crippen molar-refractivity contribution in [2.75, 3.05) is 12.4 Å². The molecule has 2 N–H and O–H groups in total. The monoisotopic (exact) mass is 280 g/mol. The number of nitrogens with one attached hydrogen (secondary N) is 2. The molecule has 1 aromatic heterocycles. The second-order valence-corrected chi connectivity index (χ2v) is 4.77. The van der Waals surface area contributed by atoms with Gasteiger partial charge < -0.3 is 15.1 Å². The summed E-state index contributed by atoms with van der Waals surface area (Å²) in [5.74, 6) is -0.0904. The molecule has 4 heteroatoms. The van der Waals surface area contributed by atoms with E-state index in [1.54, 1.807) is 19.4 Å². The summed E-state index contributed by atoms with van der Waals surface area (Å²) in [6.45, 7) is 0.647. The molecule has 0 fully saturated rings. The zero-order valence-electron chi connectivity index (χ0n) is 11.7. The van der Waals surface area contributed by atoms with E-state index in [-0.39, 0.29) is 5.91 Å². The molecule has 0 bridgehead atoms. The highest BCUT2D eigenvalue weighted by molar-refractivity contribution is 5.94. The Bertz CT molecular complexity index is 777. The van der Waals surface area contributed by atoms with Gasteiger partial charge in [0.25, 0.3) is 5.91 Å². The van der Waals surface area contributed by atoms with E-state index >= 15 is 0 Å². The van der Waals surface area contributed by atoms with Crippen LogP contribution in [0.4, 0.5) is 5.69 Å². The van der Waals surface area contributed by atoms with Crippen molar-refractivity contribution in [1.82, 2.24) is 5.32 Å². The lowest BCUT2D eigenvalue weighted by Crippen LogP contribution is -2.17. The van der Waals surface area contributed by atoms with Gasteiger partial charge in [0.2, 0.25) is 0 Å². The summed E-state index contributed by atoms with van der Waals surface area (Å²) in [4.78, 5) is 11.6. The third-order valence-electron chi connectivity index (χ3n) is 3.40. The van der Waals surface area contributed by atoms with Crippen molar-refractivity contribution in [2.24, 2.45) is 0 Å². The van der Waals surface area contributed by atoms with E-state index in [2.05, 4.69) is 10.6 Å². The molecular formula is C17H16N2O2. The first-order valence-electron chi connectivity index (χ1n) is 6.79. The number of carbonyl (C=O) groups excluding carboxylic acids is 1. The van der Waals surface area contributed by atoms with Crippen LogP contribution in [0.15, 0.2) is 59.2 Å². The van der Waals surface area contributed by atoms with E-state index in [1.165, 1.54) is 0 Å². The molecule has 0 spiro atoms. The summed E-state index contributed by atoms with van der Waals surface area (Å²) < 4.78 is 5.51. The van der Waals surface area contributed by atoms with Gasteiger partial charge in [0.15, 0.2) is 0 Å². The van der Waals surface area contributed by atoms with Gasteiger partial charge in [-0.1, -0.05) is 24.3 Å². The number of amides is 1. The van der Waals surface area contributed by atoms with E-state index in [4.69, 9.17) is 4.42 Å². The van der Waals surface area contributed by atoms with E-state index in [0.29, 0.717) is 12.1 Å². The van der Waals surface area contributed by atoms with E-state index in [9.17, 15) is 4.79 Å². The summed E-state index contributed by atoms with van der Waals surface area (Å²) in [6, 6.07) is 15.4. The van der Waals surface area contributed by atoms with Crippen LogP contribution >= 0.6 is 0 Å². The van der Waals surface area contributed by atoms with Crippen LogP contribution in [0.3, 0.4) is 0 Å². The average molecular weight is 280 g/mol. The fourth-order valence-electron chi connectivity index (χ4n) is 2.28. The average Bonchev–Trinajstić information content (AvgIpc) is 2.95. The van der Waals surface area contributed by atoms with Gasteiger partial charge in [-0.05, 0) is 24.3 Å². The Hall–Kier alpha value is -2.75. The van der Waals surface area contributed by atoms with Crippen LogP contribution in [0.2, 0.25) is 0 Å². The first kappa shape index (κ1) is 13.2. The number of para-hydroxylation sites is 1. The standard InChI is InChI=1S/C17H16N2O2/c1-18-17(20)12-5-4-6-14(9-12)19-10-13-11-21-16-8-3-2-7-15(13)16/h2-9,11,19H,10H2,1H3,(H,18,20). The molecule has 1 amide bonds. The van der Waals surface area contributed by atoms with Gasteiger partial charge in [-0.3, -0.25) is 4.79 Å². The molecule has 0 saturated carbocycles. The highest BCUT2D eigenvalue weighted by Crippen LogP contribution is 2.22. The van der Waals surface area contributed by atoms with Gasteiger partial charge in [-0.15, -0.1) is 0 Å². The lowest BCUT2D eigenvalue weighted by Gasteiger charge is -2.07. The van der Waals surface area contributed by atoms with Crippen molar-refractivity contribution in [3.63, 3.8) is 0 Å². The minimum Gasteiger partial charge on any atom is -0.464 e. The van der Waals surface area contributed by atoms with Crippen LogP contribution in [0.5, 0.6) is 0 Å². The lowest BCUT2D eigenvalue weighted by atomic mass is 10.1. The predicted octanol–water partition coefficient (Wildman–Crippen LogP) is 3.40. The molecule has 21 heavy (non-hydrogen) atoms. The summed E-state index contributed by atoms with van der Waals surface area (Å²) in [6.07, 6.45) is 1.76. The Labute approximate surface area is 122 Å². The molecule has 3 aromatic rings. The van der Waals surface area contributed by atoms with Crippen molar-refractivity contribution in [3.05, 3.63) is 65.9 Å². The van der Waals surface area contributed by atoms with Crippen molar-refractivity contribution in [3.8, 4) is 0 Å². The van der Waals surface area contributed by atoms with Crippen LogP contribution in [-0.2, 0) is 6.54 Å². The molecule has 106 valence electrons. The Kier molecular flexibility index (Phi) is 3.60. The fourth-order valence-corrected chi connectivity index (χ4v) is 2.28. The number of furan rings is 1. The van der Waals surface area contributed by atoms with Crippen molar-refractivity contribution < 1.29 is 9.21 Å². The molecule has 0 aliphatic heterocycles. The Morgan fingerprint density at radius 2 is 2.00 bits per heavy atom. The first-order chi connectivity index (χ1) is 10.3. The van der Waals surface area contributed by atoms with Crippen LogP contribution in [0.1, 0.15) is 15.9 Å². The smallest absolute Gasteiger partial charge is 0.251 e. The van der Waals surface area contributed by atoms with Gasteiger partial charge in [-0.25, -0.2) is 0 Å². The molecule has 1 heterocycles. The first-order valence-corrected chi connectivity index (χ1v) is 6.79. The molecular weight excluding hydrogens is 264 g/mol. The summed E-state index contributed by atoms with van der Waals surface area (Å²) in [5.41, 5.74) is 3.52. The van der Waals surface area contributed by atoms with Gasteiger partial charge in [0, 0.05) is 35.8 Å². The number of hydrogen-bond donors (Lipinski definition) is 2. The fraction of sp³-hybridized carbons (Fsp3) is 0.118. The number of carbonyl (C=O) groups is 1. The minimum atomic E-state index is -0.0904. The van der Waals surface area contributed by atoms with Crippen LogP contribution in [0.25, 0.3) is 11.0 Å². The topological polar surface area (TPSA) is 54.3 Å². The summed E-state index contributed by atoms with van der Waals surface area (Å²) in [5, 5.41) is 7.04. The summed E-state index contributed by atoms with van der Waals surface area (Å²) in [7, 11) is 1.63. The van der Waals surface area contributed by atoms with Crippen molar-refractivity contribution in [1.29, 1.82) is 0 Å². The van der Waals surface area contributed by atoms with Crippen LogP contribution in [0, 0.1) is 0 Å². The maximum atomic E-state index is 11.6. The van der Waals surface area contributed by atoms with Crippen LogP contribution < -0.4 is 10.6 Å². The highest BCUT2D eigenvalue weighted by atomic mass is 16.3. The number of fused-ring (bicyclic) bond motifs is 1. The Morgan fingerprint density at radius 3 is 2.86 bits per heavy atom. The third kappa shape index (κ3) is 2.74.